The third-order valence-corrected chi connectivity index (χ3v) is 3.97. The molecule has 128 valence electrons. The fourth-order valence-electron chi connectivity index (χ4n) is 2.73. The number of allylic oxidation sites excluding steroid dienone is 1. The van der Waals surface area contributed by atoms with Gasteiger partial charge in [-0.2, -0.15) is 0 Å². The first-order chi connectivity index (χ1) is 12.2. The molecule has 6 heteroatoms. The van der Waals surface area contributed by atoms with E-state index in [-0.39, 0.29) is 0 Å². The van der Waals surface area contributed by atoms with Crippen molar-refractivity contribution in [1.82, 2.24) is 4.98 Å². The van der Waals surface area contributed by atoms with E-state index in [1.54, 1.807) is 18.3 Å². The van der Waals surface area contributed by atoms with Crippen LogP contribution < -0.4 is 10.4 Å². The van der Waals surface area contributed by atoms with Gasteiger partial charge >= 0.3 is 0 Å². The van der Waals surface area contributed by atoms with Crippen LogP contribution in [-0.2, 0) is 0 Å². The molecule has 2 heterocycles. The fourth-order valence-corrected chi connectivity index (χ4v) is 2.73. The van der Waals surface area contributed by atoms with Crippen molar-refractivity contribution in [1.29, 1.82) is 0 Å². The van der Waals surface area contributed by atoms with Crippen LogP contribution in [-0.4, -0.2) is 23.3 Å². The van der Waals surface area contributed by atoms with Crippen LogP contribution in [0.5, 0.6) is 0 Å². The minimum absolute atomic E-state index is 0.318. The number of benzene rings is 1. The molecule has 4 nitrogen and oxygen atoms in total. The molecule has 2 aromatic rings. The van der Waals surface area contributed by atoms with Crippen LogP contribution in [0, 0.1) is 23.5 Å². The minimum Gasteiger partial charge on any atom is -0.354 e. The molecule has 0 spiro atoms. The third kappa shape index (κ3) is 4.34. The molecule has 1 saturated heterocycles. The van der Waals surface area contributed by atoms with Gasteiger partial charge in [-0.1, -0.05) is 17.4 Å². The summed E-state index contributed by atoms with van der Waals surface area (Å²) in [5.41, 5.74) is 4.23. The fraction of sp³-hybridized carbons (Fsp3) is 0.211. The molecule has 1 aromatic carbocycles. The zero-order chi connectivity index (χ0) is 17.6. The van der Waals surface area contributed by atoms with E-state index >= 15 is 0 Å². The van der Waals surface area contributed by atoms with E-state index in [0.29, 0.717) is 17.1 Å². The van der Waals surface area contributed by atoms with Gasteiger partial charge in [-0.3, -0.25) is 10.7 Å². The van der Waals surface area contributed by atoms with Crippen molar-refractivity contribution in [3.8, 4) is 11.8 Å². The summed E-state index contributed by atoms with van der Waals surface area (Å²) < 4.78 is 26.2. The van der Waals surface area contributed by atoms with Crippen molar-refractivity contribution in [3.63, 3.8) is 0 Å². The molecule has 0 atom stereocenters. The highest BCUT2D eigenvalue weighted by molar-refractivity contribution is 5.64. The second-order valence-corrected chi connectivity index (χ2v) is 5.70. The standard InChI is InChI=1S/C19H17F2N3O/c20-16-11-15(12-17(21)13-16)4-1-3-14-6-9-24(10-7-14)19-18(23-25)5-2-8-22-19/h2-3,5,8,11-13,23,25H,6-7,9-10H2. The minimum atomic E-state index is -0.631. The van der Waals surface area contributed by atoms with Crippen molar-refractivity contribution in [2.75, 3.05) is 23.5 Å². The Morgan fingerprint density at radius 2 is 1.88 bits per heavy atom. The smallest absolute Gasteiger partial charge is 0.154 e. The Hall–Kier alpha value is -2.91. The predicted octanol–water partition coefficient (Wildman–Crippen LogP) is 3.74. The molecular weight excluding hydrogens is 324 g/mol. The zero-order valence-corrected chi connectivity index (χ0v) is 13.5. The quantitative estimate of drug-likeness (QED) is 0.645. The van der Waals surface area contributed by atoms with E-state index in [2.05, 4.69) is 27.2 Å². The van der Waals surface area contributed by atoms with Crippen molar-refractivity contribution in [3.05, 3.63) is 65.4 Å². The van der Waals surface area contributed by atoms with Crippen LogP contribution in [0.15, 0.2) is 48.2 Å². The number of piperidine rings is 1. The maximum Gasteiger partial charge on any atom is 0.154 e. The molecule has 0 unspecified atom stereocenters. The maximum absolute atomic E-state index is 13.1. The van der Waals surface area contributed by atoms with Crippen LogP contribution in [0.1, 0.15) is 18.4 Å². The number of nitrogens with one attached hydrogen (secondary N) is 1. The zero-order valence-electron chi connectivity index (χ0n) is 13.5. The lowest BCUT2D eigenvalue weighted by molar-refractivity contribution is 0.388. The first kappa shape index (κ1) is 16.9. The lowest BCUT2D eigenvalue weighted by atomic mass is 10.0. The molecule has 0 radical (unpaired) electrons. The second kappa shape index (κ2) is 7.77. The highest BCUT2D eigenvalue weighted by Gasteiger charge is 2.17. The lowest BCUT2D eigenvalue weighted by Gasteiger charge is -2.30. The first-order valence-electron chi connectivity index (χ1n) is 7.91. The Bertz CT molecular complexity index is 825. The molecule has 3 rings (SSSR count). The Balaban J connectivity index is 1.64. The molecule has 1 fully saturated rings. The number of hydrogen-bond acceptors (Lipinski definition) is 4. The van der Waals surface area contributed by atoms with Gasteiger partial charge in [0.1, 0.15) is 17.3 Å². The summed E-state index contributed by atoms with van der Waals surface area (Å²) in [7, 11) is 0. The Labute approximate surface area is 144 Å². The van der Waals surface area contributed by atoms with E-state index < -0.39 is 11.6 Å². The van der Waals surface area contributed by atoms with Crippen molar-refractivity contribution < 1.29 is 14.0 Å². The Morgan fingerprint density at radius 3 is 2.56 bits per heavy atom. The van der Waals surface area contributed by atoms with Gasteiger partial charge in [0.25, 0.3) is 0 Å². The second-order valence-electron chi connectivity index (χ2n) is 5.70. The molecule has 0 saturated carbocycles. The van der Waals surface area contributed by atoms with Gasteiger partial charge in [-0.25, -0.2) is 13.8 Å². The third-order valence-electron chi connectivity index (χ3n) is 3.97. The molecule has 1 aliphatic heterocycles. The molecule has 0 amide bonds. The average Bonchev–Trinajstić information content (AvgIpc) is 2.61. The summed E-state index contributed by atoms with van der Waals surface area (Å²) in [6, 6.07) is 6.76. The molecule has 1 aromatic heterocycles. The van der Waals surface area contributed by atoms with Gasteiger partial charge in [0.15, 0.2) is 5.82 Å². The molecule has 2 N–H and O–H groups in total. The van der Waals surface area contributed by atoms with Crippen LogP contribution in [0.3, 0.4) is 0 Å². The van der Waals surface area contributed by atoms with E-state index in [1.165, 1.54) is 17.7 Å². The largest absolute Gasteiger partial charge is 0.354 e. The highest BCUT2D eigenvalue weighted by Crippen LogP contribution is 2.26. The summed E-state index contributed by atoms with van der Waals surface area (Å²) in [4.78, 5) is 6.39. The number of pyridine rings is 1. The molecule has 1 aliphatic rings. The van der Waals surface area contributed by atoms with E-state index in [9.17, 15) is 8.78 Å². The topological polar surface area (TPSA) is 48.4 Å². The summed E-state index contributed by atoms with van der Waals surface area (Å²) >= 11 is 0. The van der Waals surface area contributed by atoms with Gasteiger partial charge < -0.3 is 4.90 Å². The van der Waals surface area contributed by atoms with Gasteiger partial charge in [0.05, 0.1) is 0 Å². The summed E-state index contributed by atoms with van der Waals surface area (Å²) in [6.07, 6.45) is 5.12. The lowest BCUT2D eigenvalue weighted by Crippen LogP contribution is -2.31. The number of halogens is 2. The van der Waals surface area contributed by atoms with E-state index in [0.717, 1.165) is 32.0 Å². The summed E-state index contributed by atoms with van der Waals surface area (Å²) in [5, 5.41) is 9.16. The number of rotatable bonds is 2. The van der Waals surface area contributed by atoms with Crippen LogP contribution >= 0.6 is 0 Å². The number of anilines is 2. The van der Waals surface area contributed by atoms with Gasteiger partial charge in [0.2, 0.25) is 0 Å². The van der Waals surface area contributed by atoms with Crippen molar-refractivity contribution in [2.24, 2.45) is 0 Å². The van der Waals surface area contributed by atoms with Gasteiger partial charge in [-0.05, 0) is 43.2 Å². The number of nitrogens with zero attached hydrogens (tertiary/aromatic N) is 2. The number of aromatic nitrogens is 1. The van der Waals surface area contributed by atoms with Gasteiger partial charge in [-0.15, -0.1) is 0 Å². The summed E-state index contributed by atoms with van der Waals surface area (Å²) in [5.74, 6) is 5.08. The highest BCUT2D eigenvalue weighted by atomic mass is 19.1. The first-order valence-corrected chi connectivity index (χ1v) is 7.91. The molecular formula is C19H17F2N3O. The molecule has 25 heavy (non-hydrogen) atoms. The predicted molar refractivity (Wildman–Crippen MR) is 92.4 cm³/mol. The molecule has 0 bridgehead atoms. The Kier molecular flexibility index (Phi) is 5.26. The normalized spacial score (nSPS) is 13.9. The molecule has 0 aliphatic carbocycles. The van der Waals surface area contributed by atoms with E-state index in [4.69, 9.17) is 5.21 Å². The SMILES string of the molecule is ONc1cccnc1N1CCC(=CC#Cc2cc(F)cc(F)c2)CC1. The van der Waals surface area contributed by atoms with Gasteiger partial charge in [0, 0.05) is 30.9 Å². The van der Waals surface area contributed by atoms with E-state index in [1.807, 2.05) is 6.08 Å². The number of hydrogen-bond donors (Lipinski definition) is 2. The average molecular weight is 341 g/mol. The van der Waals surface area contributed by atoms with Crippen molar-refractivity contribution >= 4 is 11.5 Å². The van der Waals surface area contributed by atoms with Crippen LogP contribution in [0.25, 0.3) is 0 Å². The summed E-state index contributed by atoms with van der Waals surface area (Å²) in [6.45, 7) is 1.52. The maximum atomic E-state index is 13.1. The van der Waals surface area contributed by atoms with Crippen LogP contribution in [0.2, 0.25) is 0 Å². The van der Waals surface area contributed by atoms with Crippen molar-refractivity contribution in [2.45, 2.75) is 12.8 Å². The van der Waals surface area contributed by atoms with Crippen LogP contribution in [0.4, 0.5) is 20.3 Å². The monoisotopic (exact) mass is 341 g/mol. The Morgan fingerprint density at radius 1 is 1.16 bits per heavy atom.